The number of amides is 1. The van der Waals surface area contributed by atoms with Crippen LogP contribution < -0.4 is 0 Å². The number of hydrogen-bond donors (Lipinski definition) is 2. The molecule has 0 bridgehead atoms. The second-order valence-corrected chi connectivity index (χ2v) is 19.9. The van der Waals surface area contributed by atoms with Crippen LogP contribution in [0.15, 0.2) is 41.5 Å². The van der Waals surface area contributed by atoms with Crippen LogP contribution in [0, 0.1) is 56.7 Å². The molecule has 1 aromatic carbocycles. The molecule has 7 nitrogen and oxygen atoms in total. The third-order valence-corrected chi connectivity index (χ3v) is 17.1. The fourth-order valence-corrected chi connectivity index (χ4v) is 14.5. The molecular formula is C47H67NO6. The second-order valence-electron chi connectivity index (χ2n) is 19.9. The first-order chi connectivity index (χ1) is 25.5. The number of benzene rings is 1. The minimum atomic E-state index is -0.895. The molecule has 1 amide bonds. The van der Waals surface area contributed by atoms with Gasteiger partial charge in [-0.1, -0.05) is 78.7 Å². The number of hydrogen-bond acceptors (Lipinski definition) is 5. The summed E-state index contributed by atoms with van der Waals surface area (Å²) in [5.74, 6) is 1.06. The third kappa shape index (κ3) is 5.74. The number of nitrogens with zero attached hydrogens (tertiary/aromatic N) is 1. The minimum absolute atomic E-state index is 0.0108. The van der Waals surface area contributed by atoms with Gasteiger partial charge in [-0.05, 0) is 144 Å². The number of methoxy groups -OCH3 is 1. The summed E-state index contributed by atoms with van der Waals surface area (Å²) in [5, 5.41) is 22.1. The second kappa shape index (κ2) is 14.0. The van der Waals surface area contributed by atoms with Crippen LogP contribution in [-0.2, 0) is 14.3 Å². The molecule has 2 N–H and O–H groups in total. The van der Waals surface area contributed by atoms with Crippen molar-refractivity contribution in [1.82, 2.24) is 4.90 Å². The topological polar surface area (TPSA) is 104 Å². The lowest BCUT2D eigenvalue weighted by atomic mass is 9.32. The van der Waals surface area contributed by atoms with E-state index in [4.69, 9.17) is 4.74 Å². The number of allylic oxidation sites excluding steroid dienone is 3. The van der Waals surface area contributed by atoms with Crippen molar-refractivity contribution in [2.75, 3.05) is 26.8 Å². The van der Waals surface area contributed by atoms with Crippen LogP contribution in [0.25, 0.3) is 5.57 Å². The highest BCUT2D eigenvalue weighted by molar-refractivity contribution is 6.01. The number of aromatic carboxylic acids is 1. The molecule has 6 aliphatic rings. The number of aliphatic hydroxyl groups is 1. The number of carbonyl (C=O) groups is 3. The van der Waals surface area contributed by atoms with Gasteiger partial charge in [-0.15, -0.1) is 0 Å². The zero-order valence-electron chi connectivity index (χ0n) is 34.4. The van der Waals surface area contributed by atoms with E-state index in [1.165, 1.54) is 17.6 Å². The summed E-state index contributed by atoms with van der Waals surface area (Å²) in [4.78, 5) is 41.2. The molecule has 4 saturated carbocycles. The first kappa shape index (κ1) is 39.5. The van der Waals surface area contributed by atoms with Crippen molar-refractivity contribution in [3.63, 3.8) is 0 Å². The summed E-state index contributed by atoms with van der Waals surface area (Å²) < 4.78 is 5.29. The van der Waals surface area contributed by atoms with E-state index < -0.39 is 17.5 Å². The van der Waals surface area contributed by atoms with E-state index in [1.54, 1.807) is 19.2 Å². The van der Waals surface area contributed by atoms with Crippen LogP contribution in [0.5, 0.6) is 0 Å². The van der Waals surface area contributed by atoms with Crippen molar-refractivity contribution in [3.05, 3.63) is 52.6 Å². The van der Waals surface area contributed by atoms with Gasteiger partial charge >= 0.3 is 5.97 Å². The van der Waals surface area contributed by atoms with Crippen molar-refractivity contribution in [3.8, 4) is 0 Å². The first-order valence-electron chi connectivity index (χ1n) is 21.3. The number of ketones is 1. The van der Waals surface area contributed by atoms with Crippen molar-refractivity contribution >= 4 is 23.2 Å². The standard InChI is InChI=1S/C47H67NO6/c1-9-47-24-23-46(38(50)27-48(39(51)28-54-8)26-30-11-10-12-30)25-35(49)40(29(2)3)41(46)34(47)17-18-37-44(6)21-19-33(31-13-15-32(16-14-31)42(52)53)43(4,5)36(44)20-22-45(37,47)7/h13-16,19,29-30,34,36-38,50H,9-12,17-18,20-28H2,1-8H3,(H,52,53)/t34-,36-,37-,38+,44+,45-,46+,47-/m1/s1. The number of rotatable bonds is 11. The molecular weight excluding hydrogens is 675 g/mol. The van der Waals surface area contributed by atoms with E-state index in [1.807, 2.05) is 17.0 Å². The van der Waals surface area contributed by atoms with Crippen LogP contribution in [-0.4, -0.2) is 65.7 Å². The summed E-state index contributed by atoms with van der Waals surface area (Å²) in [5.41, 5.74) is 4.54. The van der Waals surface area contributed by atoms with Crippen LogP contribution >= 0.6 is 0 Å². The van der Waals surface area contributed by atoms with E-state index >= 15 is 0 Å². The summed E-state index contributed by atoms with van der Waals surface area (Å²) in [7, 11) is 1.56. The van der Waals surface area contributed by atoms with Crippen LogP contribution in [0.4, 0.5) is 0 Å². The zero-order valence-corrected chi connectivity index (χ0v) is 34.4. The maximum Gasteiger partial charge on any atom is 0.335 e. The van der Waals surface area contributed by atoms with Crippen molar-refractivity contribution in [1.29, 1.82) is 0 Å². The lowest BCUT2D eigenvalue weighted by Crippen LogP contribution is -2.65. The Balaban J connectivity index is 1.24. The number of carbonyl (C=O) groups excluding carboxylic acids is 2. The van der Waals surface area contributed by atoms with Crippen molar-refractivity contribution < 1.29 is 29.3 Å². The number of fused-ring (bicyclic) bond motifs is 7. The molecule has 4 fully saturated rings. The molecule has 0 radical (unpaired) electrons. The fraction of sp³-hybridized carbons (Fsp3) is 0.723. The Labute approximate surface area is 324 Å². The molecule has 6 aliphatic carbocycles. The third-order valence-electron chi connectivity index (χ3n) is 17.1. The summed E-state index contributed by atoms with van der Waals surface area (Å²) in [6.07, 6.45) is 13.8. The predicted octanol–water partition coefficient (Wildman–Crippen LogP) is 9.38. The summed E-state index contributed by atoms with van der Waals surface area (Å²) in [6, 6.07) is 7.47. The SMILES string of the molecule is CC[C@@]12CC[C@@]3([C@@H](O)CN(CC4CCC4)C(=O)COC)CC(=O)C(C(C)C)=C3[C@H]1CC[C@@H]1[C@@]3(C)CC=C(c4ccc(C(=O)O)cc4)C(C)(C)[C@H]3CC[C@]12C. The molecule has 7 heteroatoms. The highest BCUT2D eigenvalue weighted by Crippen LogP contribution is 2.78. The summed E-state index contributed by atoms with van der Waals surface area (Å²) >= 11 is 0. The molecule has 296 valence electrons. The average Bonchev–Trinajstić information content (AvgIpc) is 3.42. The molecule has 7 rings (SSSR count). The Kier molecular flexibility index (Phi) is 10.2. The molecule has 8 atom stereocenters. The van der Waals surface area contributed by atoms with E-state index in [2.05, 4.69) is 54.5 Å². The Bertz CT molecular complexity index is 1720. The van der Waals surface area contributed by atoms with Gasteiger partial charge in [0.2, 0.25) is 5.91 Å². The van der Waals surface area contributed by atoms with Gasteiger partial charge in [0.1, 0.15) is 6.61 Å². The molecule has 0 aromatic heterocycles. The quantitative estimate of drug-likeness (QED) is 0.234. The average molecular weight is 742 g/mol. The van der Waals surface area contributed by atoms with Gasteiger partial charge < -0.3 is 19.8 Å². The number of carboxylic acids is 1. The van der Waals surface area contributed by atoms with Crippen LogP contribution in [0.3, 0.4) is 0 Å². The van der Waals surface area contributed by atoms with E-state index in [-0.39, 0.29) is 58.3 Å². The molecule has 0 unspecified atom stereocenters. The predicted molar refractivity (Wildman–Crippen MR) is 213 cm³/mol. The van der Waals surface area contributed by atoms with Crippen molar-refractivity contribution in [2.24, 2.45) is 56.7 Å². The zero-order chi connectivity index (χ0) is 39.0. The van der Waals surface area contributed by atoms with Gasteiger partial charge in [0, 0.05) is 32.0 Å². The summed E-state index contributed by atoms with van der Waals surface area (Å²) in [6.45, 7) is 17.7. The molecule has 1 aromatic rings. The molecule has 0 saturated heterocycles. The lowest BCUT2D eigenvalue weighted by molar-refractivity contribution is -0.208. The molecule has 0 aliphatic heterocycles. The van der Waals surface area contributed by atoms with E-state index in [0.717, 1.165) is 75.3 Å². The van der Waals surface area contributed by atoms with Crippen molar-refractivity contribution in [2.45, 2.75) is 132 Å². The number of aliphatic hydroxyl groups excluding tert-OH is 1. The fourth-order valence-electron chi connectivity index (χ4n) is 14.5. The Morgan fingerprint density at radius 1 is 0.963 bits per heavy atom. The Morgan fingerprint density at radius 2 is 1.67 bits per heavy atom. The highest BCUT2D eigenvalue weighted by atomic mass is 16.5. The monoisotopic (exact) mass is 741 g/mol. The Hall–Kier alpha value is -2.77. The van der Waals surface area contributed by atoms with Gasteiger partial charge in [-0.25, -0.2) is 4.79 Å². The number of carboxylic acid groups (broad SMARTS) is 1. The first-order valence-corrected chi connectivity index (χ1v) is 21.3. The molecule has 0 spiro atoms. The van der Waals surface area contributed by atoms with Gasteiger partial charge in [0.05, 0.1) is 11.7 Å². The number of ether oxygens (including phenoxy) is 1. The Morgan fingerprint density at radius 3 is 2.26 bits per heavy atom. The van der Waals surface area contributed by atoms with Gasteiger partial charge in [-0.3, -0.25) is 9.59 Å². The van der Waals surface area contributed by atoms with Gasteiger partial charge in [-0.2, -0.15) is 0 Å². The highest BCUT2D eigenvalue weighted by Gasteiger charge is 2.71. The van der Waals surface area contributed by atoms with Gasteiger partial charge in [0.25, 0.3) is 0 Å². The molecule has 54 heavy (non-hydrogen) atoms. The van der Waals surface area contributed by atoms with Crippen LogP contribution in [0.1, 0.15) is 141 Å². The smallest absolute Gasteiger partial charge is 0.335 e. The lowest BCUT2D eigenvalue weighted by Gasteiger charge is -2.72. The van der Waals surface area contributed by atoms with Crippen LogP contribution in [0.2, 0.25) is 0 Å². The van der Waals surface area contributed by atoms with E-state index in [0.29, 0.717) is 36.3 Å². The maximum absolute atomic E-state index is 14.3. The number of Topliss-reactive ketones (excluding diaryl/α,β-unsaturated/α-hetero) is 1. The minimum Gasteiger partial charge on any atom is -0.478 e. The largest absolute Gasteiger partial charge is 0.478 e. The molecule has 0 heterocycles. The van der Waals surface area contributed by atoms with E-state index in [9.17, 15) is 24.6 Å². The normalized spacial score (nSPS) is 36.4. The van der Waals surface area contributed by atoms with Gasteiger partial charge in [0.15, 0.2) is 5.78 Å². The maximum atomic E-state index is 14.3.